The van der Waals surface area contributed by atoms with Crippen LogP contribution in [0.4, 0.5) is 11.4 Å². The van der Waals surface area contributed by atoms with Crippen LogP contribution in [-0.2, 0) is 11.2 Å². The van der Waals surface area contributed by atoms with Crippen LogP contribution in [0.25, 0.3) is 10.8 Å². The summed E-state index contributed by atoms with van der Waals surface area (Å²) in [5, 5.41) is 14.5. The van der Waals surface area contributed by atoms with Crippen molar-refractivity contribution in [3.63, 3.8) is 0 Å². The van der Waals surface area contributed by atoms with Crippen molar-refractivity contribution < 1.29 is 14.6 Å². The van der Waals surface area contributed by atoms with Gasteiger partial charge in [-0.05, 0) is 55.0 Å². The summed E-state index contributed by atoms with van der Waals surface area (Å²) >= 11 is 0. The number of hydrogen-bond acceptors (Lipinski definition) is 8. The number of carbonyl (C=O) groups is 1. The molecule has 1 unspecified atom stereocenters. The number of fused-ring (bicyclic) bond motifs is 1. The zero-order valence-electron chi connectivity index (χ0n) is 20.6. The van der Waals surface area contributed by atoms with E-state index in [9.17, 15) is 19.5 Å². The number of nitrogens with one attached hydrogen (secondary N) is 1. The van der Waals surface area contributed by atoms with Gasteiger partial charge in [-0.2, -0.15) is 0 Å². The summed E-state index contributed by atoms with van der Waals surface area (Å²) in [6, 6.07) is 9.85. The first-order valence-electron chi connectivity index (χ1n) is 12.5. The topological polar surface area (TPSA) is 122 Å². The summed E-state index contributed by atoms with van der Waals surface area (Å²) in [5.74, 6) is -0.0991. The van der Waals surface area contributed by atoms with Crippen LogP contribution in [0.15, 0.2) is 58.4 Å². The number of nitrogens with zero attached hydrogens (tertiary/aromatic N) is 3. The summed E-state index contributed by atoms with van der Waals surface area (Å²) in [7, 11) is 0. The van der Waals surface area contributed by atoms with E-state index in [-0.39, 0.29) is 12.1 Å². The molecule has 0 spiro atoms. The van der Waals surface area contributed by atoms with Crippen LogP contribution in [0.5, 0.6) is 11.6 Å². The molecule has 3 heterocycles. The van der Waals surface area contributed by atoms with Gasteiger partial charge in [-0.15, -0.1) is 0 Å². The van der Waals surface area contributed by atoms with Gasteiger partial charge in [-0.25, -0.2) is 9.78 Å². The number of aliphatic carboxylic acids is 1. The van der Waals surface area contributed by atoms with Crippen LogP contribution in [-0.4, -0.2) is 40.2 Å². The van der Waals surface area contributed by atoms with E-state index >= 15 is 0 Å². The number of carboxylic acids is 1. The first-order valence-corrected chi connectivity index (χ1v) is 12.5. The monoisotopic (exact) mass is 500 g/mol. The van der Waals surface area contributed by atoms with Gasteiger partial charge < -0.3 is 20.1 Å². The molecule has 2 aromatic heterocycles. The fourth-order valence-electron chi connectivity index (χ4n) is 4.79. The van der Waals surface area contributed by atoms with Crippen molar-refractivity contribution in [1.82, 2.24) is 9.97 Å². The highest BCUT2D eigenvalue weighted by molar-refractivity contribution is 5.86. The Morgan fingerprint density at radius 3 is 2.51 bits per heavy atom. The molecule has 0 saturated carbocycles. The molecule has 9 heteroatoms. The molecule has 2 N–H and O–H groups in total. The summed E-state index contributed by atoms with van der Waals surface area (Å²) < 4.78 is 6.01. The molecule has 190 valence electrons. The number of benzene rings is 1. The molecule has 1 aliphatic heterocycles. The molecule has 0 radical (unpaired) electrons. The minimum atomic E-state index is -1.10. The predicted molar refractivity (Wildman–Crippen MR) is 142 cm³/mol. The van der Waals surface area contributed by atoms with Crippen LogP contribution in [0.3, 0.4) is 0 Å². The predicted octanol–water partition coefficient (Wildman–Crippen LogP) is 3.81. The van der Waals surface area contributed by atoms with E-state index in [0.717, 1.165) is 47.7 Å². The van der Waals surface area contributed by atoms with Crippen LogP contribution >= 0.6 is 0 Å². The van der Waals surface area contributed by atoms with Gasteiger partial charge in [0.15, 0.2) is 0 Å². The number of carboxylic acid groups (broad SMARTS) is 1. The molecule has 4 aromatic rings. The van der Waals surface area contributed by atoms with Crippen LogP contribution in [0.1, 0.15) is 36.9 Å². The fraction of sp³-hybridized carbons (Fsp3) is 0.321. The van der Waals surface area contributed by atoms with Crippen LogP contribution < -0.4 is 25.8 Å². The van der Waals surface area contributed by atoms with E-state index in [2.05, 4.69) is 15.3 Å². The van der Waals surface area contributed by atoms with E-state index in [1.165, 1.54) is 0 Å². The fourth-order valence-corrected chi connectivity index (χ4v) is 4.79. The lowest BCUT2D eigenvalue weighted by molar-refractivity contribution is -0.137. The van der Waals surface area contributed by atoms with Gasteiger partial charge in [0.05, 0.1) is 5.39 Å². The Balaban J connectivity index is 1.31. The first kappa shape index (κ1) is 24.4. The summed E-state index contributed by atoms with van der Waals surface area (Å²) in [5.41, 5.74) is 0.813. The molecule has 1 aliphatic rings. The highest BCUT2D eigenvalue weighted by Gasteiger charge is 2.30. The molecular formula is C28H28N4O5. The molecular weight excluding hydrogens is 472 g/mol. The first-order chi connectivity index (χ1) is 17.9. The molecule has 0 amide bonds. The molecule has 2 aromatic carbocycles. The van der Waals surface area contributed by atoms with Gasteiger partial charge in [0.1, 0.15) is 23.2 Å². The van der Waals surface area contributed by atoms with Gasteiger partial charge in [0.2, 0.25) is 5.88 Å². The average Bonchev–Trinajstić information content (AvgIpc) is 3.17. The van der Waals surface area contributed by atoms with Crippen molar-refractivity contribution in [3.05, 3.63) is 80.5 Å². The molecule has 1 fully saturated rings. The number of anilines is 2. The van der Waals surface area contributed by atoms with Gasteiger partial charge >= 0.3 is 5.97 Å². The maximum atomic E-state index is 12.3. The molecule has 0 aliphatic carbocycles. The third-order valence-electron chi connectivity index (χ3n) is 6.73. The molecule has 0 bridgehead atoms. The third-order valence-corrected chi connectivity index (χ3v) is 6.73. The quantitative estimate of drug-likeness (QED) is 0.348. The number of pyridine rings is 2. The van der Waals surface area contributed by atoms with E-state index in [1.807, 2.05) is 24.0 Å². The van der Waals surface area contributed by atoms with Crippen molar-refractivity contribution in [2.45, 2.75) is 45.1 Å². The molecule has 1 saturated heterocycles. The lowest BCUT2D eigenvalue weighted by Crippen LogP contribution is -2.46. The van der Waals surface area contributed by atoms with Gasteiger partial charge in [-0.3, -0.25) is 14.6 Å². The van der Waals surface area contributed by atoms with Crippen molar-refractivity contribution in [1.29, 1.82) is 0 Å². The normalized spacial score (nSPS) is 14.9. The minimum absolute atomic E-state index is 0.116. The van der Waals surface area contributed by atoms with Crippen molar-refractivity contribution in [3.8, 4) is 11.6 Å². The molecule has 9 nitrogen and oxygen atoms in total. The number of rotatable bonds is 8. The SMILES string of the molecule is Cc1cc2ccncc2c(Oc2ccc(CC(Nc3c(N4CCCCCC4)c(=O)c3=O)C(=O)O)cc2)n1. The molecule has 5 rings (SSSR count). The summed E-state index contributed by atoms with van der Waals surface area (Å²) in [4.78, 5) is 47.3. The molecule has 1 atom stereocenters. The zero-order valence-corrected chi connectivity index (χ0v) is 20.6. The Morgan fingerprint density at radius 2 is 1.81 bits per heavy atom. The Kier molecular flexibility index (Phi) is 6.85. The highest BCUT2D eigenvalue weighted by Crippen LogP contribution is 2.29. The second-order valence-electron chi connectivity index (χ2n) is 9.43. The van der Waals surface area contributed by atoms with Gasteiger partial charge in [0.25, 0.3) is 10.9 Å². The lowest BCUT2D eigenvalue weighted by Gasteiger charge is -2.27. The van der Waals surface area contributed by atoms with E-state index < -0.39 is 22.9 Å². The minimum Gasteiger partial charge on any atom is -0.480 e. The maximum absolute atomic E-state index is 12.3. The second-order valence-corrected chi connectivity index (χ2v) is 9.43. The Morgan fingerprint density at radius 1 is 1.08 bits per heavy atom. The van der Waals surface area contributed by atoms with E-state index in [0.29, 0.717) is 30.4 Å². The second kappa shape index (κ2) is 10.4. The third kappa shape index (κ3) is 5.16. The van der Waals surface area contributed by atoms with Crippen LogP contribution in [0.2, 0.25) is 0 Å². The standard InChI is InChI=1S/C28H28N4O5/c1-17-14-19-10-11-29-16-21(19)27(30-17)37-20-8-6-18(7-9-20)15-22(28(35)36)31-23-24(26(34)25(23)33)32-12-4-2-3-5-13-32/h6-11,14,16,22,31H,2-5,12-13,15H2,1H3,(H,35,36). The average molecular weight is 501 g/mol. The highest BCUT2D eigenvalue weighted by atomic mass is 16.5. The van der Waals surface area contributed by atoms with Gasteiger partial charge in [-0.1, -0.05) is 25.0 Å². The van der Waals surface area contributed by atoms with E-state index in [1.54, 1.807) is 36.7 Å². The Hall–Kier alpha value is -4.27. The lowest BCUT2D eigenvalue weighted by atomic mass is 10.0. The number of hydrogen-bond donors (Lipinski definition) is 2. The van der Waals surface area contributed by atoms with Crippen molar-refractivity contribution >= 4 is 28.1 Å². The number of aromatic nitrogens is 2. The maximum Gasteiger partial charge on any atom is 0.326 e. The zero-order chi connectivity index (χ0) is 25.9. The van der Waals surface area contributed by atoms with Crippen molar-refractivity contribution in [2.75, 3.05) is 23.3 Å². The van der Waals surface area contributed by atoms with Crippen molar-refractivity contribution in [2.24, 2.45) is 0 Å². The smallest absolute Gasteiger partial charge is 0.326 e. The van der Waals surface area contributed by atoms with E-state index in [4.69, 9.17) is 4.74 Å². The van der Waals surface area contributed by atoms with Crippen LogP contribution in [0, 0.1) is 6.92 Å². The number of aryl methyl sites for hydroxylation is 1. The van der Waals surface area contributed by atoms with Gasteiger partial charge in [0, 0.05) is 37.6 Å². The summed E-state index contributed by atoms with van der Waals surface area (Å²) in [6.07, 6.45) is 7.60. The Bertz CT molecular complexity index is 1500. The summed E-state index contributed by atoms with van der Waals surface area (Å²) in [6.45, 7) is 3.28. The molecule has 37 heavy (non-hydrogen) atoms. The number of ether oxygens (including phenoxy) is 1. The largest absolute Gasteiger partial charge is 0.480 e. The Labute approximate surface area is 213 Å².